The van der Waals surface area contributed by atoms with Crippen LogP contribution in [0.4, 0.5) is 11.6 Å². The minimum absolute atomic E-state index is 0.160. The van der Waals surface area contributed by atoms with Gasteiger partial charge in [0.1, 0.15) is 17.9 Å². The second-order valence-corrected chi connectivity index (χ2v) is 8.29. The lowest BCUT2D eigenvalue weighted by Crippen LogP contribution is -2.23. The van der Waals surface area contributed by atoms with Gasteiger partial charge in [0.15, 0.2) is 5.69 Å². The van der Waals surface area contributed by atoms with Crippen molar-refractivity contribution >= 4 is 29.1 Å². The van der Waals surface area contributed by atoms with Crippen LogP contribution in [0, 0.1) is 0 Å². The van der Waals surface area contributed by atoms with Crippen molar-refractivity contribution in [2.24, 2.45) is 0 Å². The van der Waals surface area contributed by atoms with Crippen molar-refractivity contribution in [3.8, 4) is 16.9 Å². The molecule has 9 nitrogen and oxygen atoms in total. The monoisotopic (exact) mass is 499 g/mol. The van der Waals surface area contributed by atoms with Gasteiger partial charge in [-0.2, -0.15) is 5.10 Å². The smallest absolute Gasteiger partial charge is 0.272 e. The number of nitrogens with two attached hydrogens (primary N) is 1. The molecule has 3 heterocycles. The number of nitrogens with one attached hydrogen (secondary N) is 2. The molecule has 1 amide bonds. The Morgan fingerprint density at radius 2 is 1.89 bits per heavy atom. The molecule has 0 saturated heterocycles. The molecule has 0 atom stereocenters. The molecule has 0 fully saturated rings. The van der Waals surface area contributed by atoms with Crippen LogP contribution in [-0.4, -0.2) is 25.7 Å². The first-order valence-corrected chi connectivity index (χ1v) is 11.5. The van der Waals surface area contributed by atoms with E-state index in [0.717, 1.165) is 22.5 Å². The molecule has 2 aromatic carbocycles. The second-order valence-electron chi connectivity index (χ2n) is 7.88. The number of rotatable bonds is 8. The summed E-state index contributed by atoms with van der Waals surface area (Å²) in [4.78, 5) is 21.2. The van der Waals surface area contributed by atoms with E-state index in [1.165, 1.54) is 12.5 Å². The van der Waals surface area contributed by atoms with Crippen LogP contribution in [0.3, 0.4) is 0 Å². The zero-order valence-corrected chi connectivity index (χ0v) is 19.8. The minimum Gasteiger partial charge on any atom is -0.447 e. The third-order valence-electron chi connectivity index (χ3n) is 5.40. The number of amides is 1. The third-order valence-corrected chi connectivity index (χ3v) is 5.77. The Labute approximate surface area is 211 Å². The number of aromatic nitrogens is 4. The number of carbonyl (C=O) groups is 1. The lowest BCUT2D eigenvalue weighted by molar-refractivity contribution is 0.0942. The van der Waals surface area contributed by atoms with Crippen LogP contribution >= 0.6 is 11.6 Å². The molecule has 36 heavy (non-hydrogen) atoms. The van der Waals surface area contributed by atoms with Gasteiger partial charge < -0.3 is 20.8 Å². The first-order chi connectivity index (χ1) is 17.6. The lowest BCUT2D eigenvalue weighted by atomic mass is 10.1. The van der Waals surface area contributed by atoms with E-state index in [1.54, 1.807) is 16.8 Å². The topological polar surface area (TPSA) is 124 Å². The predicted octanol–water partition coefficient (Wildman–Crippen LogP) is 4.70. The summed E-state index contributed by atoms with van der Waals surface area (Å²) >= 11 is 6.50. The van der Waals surface area contributed by atoms with E-state index < -0.39 is 0 Å². The van der Waals surface area contributed by atoms with Gasteiger partial charge in [-0.05, 0) is 42.0 Å². The molecule has 0 aliphatic carbocycles. The standard InChI is InChI=1S/C26H22ClN7O2/c27-20-10-9-17(21-7-4-8-23(28)32-21)13-18(20)15-30-24-14-22(26(35)31-16-25-29-11-12-36-25)33-34(24)19-5-2-1-3-6-19/h1-14,30H,15-16H2,(H2,28,32)(H,31,35). The lowest BCUT2D eigenvalue weighted by Gasteiger charge is -2.12. The number of carbonyl (C=O) groups excluding carboxylic acids is 1. The Bertz CT molecular complexity index is 1480. The third kappa shape index (κ3) is 5.21. The van der Waals surface area contributed by atoms with Gasteiger partial charge in [0.2, 0.25) is 5.89 Å². The maximum Gasteiger partial charge on any atom is 0.272 e. The first-order valence-electron chi connectivity index (χ1n) is 11.1. The highest BCUT2D eigenvalue weighted by Crippen LogP contribution is 2.26. The number of hydrogen-bond donors (Lipinski definition) is 3. The summed E-state index contributed by atoms with van der Waals surface area (Å²) in [7, 11) is 0. The Hall–Kier alpha value is -4.63. The highest BCUT2D eigenvalue weighted by atomic mass is 35.5. The number of nitrogens with zero attached hydrogens (tertiary/aromatic N) is 4. The molecule has 0 radical (unpaired) electrons. The molecule has 0 aliphatic rings. The van der Waals surface area contributed by atoms with Gasteiger partial charge >= 0.3 is 0 Å². The van der Waals surface area contributed by atoms with Crippen molar-refractivity contribution in [1.82, 2.24) is 25.1 Å². The second kappa shape index (κ2) is 10.3. The summed E-state index contributed by atoms with van der Waals surface area (Å²) in [5.41, 5.74) is 9.40. The maximum absolute atomic E-state index is 12.8. The molecule has 4 N–H and O–H groups in total. The summed E-state index contributed by atoms with van der Waals surface area (Å²) in [6, 6.07) is 22.4. The van der Waals surface area contributed by atoms with E-state index in [0.29, 0.717) is 29.1 Å². The normalized spacial score (nSPS) is 10.8. The molecule has 0 saturated carbocycles. The molecule has 180 valence electrons. The number of halogens is 1. The van der Waals surface area contributed by atoms with E-state index in [1.807, 2.05) is 60.7 Å². The van der Waals surface area contributed by atoms with Crippen LogP contribution < -0.4 is 16.4 Å². The van der Waals surface area contributed by atoms with Crippen LogP contribution in [0.25, 0.3) is 16.9 Å². The SMILES string of the molecule is Nc1cccc(-c2ccc(Cl)c(CNc3cc(C(=O)NCc4ncco4)nn3-c3ccccc3)c2)n1. The molecule has 5 rings (SSSR count). The van der Waals surface area contributed by atoms with Crippen molar-refractivity contribution < 1.29 is 9.21 Å². The molecule has 3 aromatic heterocycles. The van der Waals surface area contributed by atoms with Crippen LogP contribution in [0.15, 0.2) is 89.7 Å². The van der Waals surface area contributed by atoms with Crippen LogP contribution in [0.5, 0.6) is 0 Å². The summed E-state index contributed by atoms with van der Waals surface area (Å²) in [6.07, 6.45) is 2.98. The molecule has 0 bridgehead atoms. The fourth-order valence-electron chi connectivity index (χ4n) is 3.64. The van der Waals surface area contributed by atoms with Gasteiger partial charge in [0, 0.05) is 23.2 Å². The molecule has 0 spiro atoms. The number of pyridine rings is 1. The summed E-state index contributed by atoms with van der Waals surface area (Å²) < 4.78 is 6.86. The van der Waals surface area contributed by atoms with E-state index in [2.05, 4.69) is 25.7 Å². The van der Waals surface area contributed by atoms with E-state index in [4.69, 9.17) is 21.8 Å². The quantitative estimate of drug-likeness (QED) is 0.282. The maximum atomic E-state index is 12.8. The number of oxazole rings is 1. The van der Waals surface area contributed by atoms with Gasteiger partial charge in [0.25, 0.3) is 5.91 Å². The van der Waals surface area contributed by atoms with E-state index in [9.17, 15) is 4.79 Å². The van der Waals surface area contributed by atoms with Gasteiger partial charge in [0.05, 0.1) is 24.1 Å². The minimum atomic E-state index is -0.348. The van der Waals surface area contributed by atoms with Crippen molar-refractivity contribution in [2.75, 3.05) is 11.1 Å². The highest BCUT2D eigenvalue weighted by molar-refractivity contribution is 6.31. The Balaban J connectivity index is 1.39. The number of para-hydroxylation sites is 1. The van der Waals surface area contributed by atoms with Crippen LogP contribution in [0.2, 0.25) is 5.02 Å². The van der Waals surface area contributed by atoms with Crippen molar-refractivity contribution in [3.05, 3.63) is 107 Å². The van der Waals surface area contributed by atoms with Gasteiger partial charge in [-0.15, -0.1) is 0 Å². The fraction of sp³-hybridized carbons (Fsp3) is 0.0769. The molecule has 10 heteroatoms. The number of nitrogen functional groups attached to an aromatic ring is 1. The van der Waals surface area contributed by atoms with Crippen molar-refractivity contribution in [1.29, 1.82) is 0 Å². The van der Waals surface area contributed by atoms with Crippen LogP contribution in [0.1, 0.15) is 21.9 Å². The van der Waals surface area contributed by atoms with Gasteiger partial charge in [-0.1, -0.05) is 41.9 Å². The van der Waals surface area contributed by atoms with E-state index in [-0.39, 0.29) is 18.1 Å². The Morgan fingerprint density at radius 1 is 1.03 bits per heavy atom. The Kier molecular flexibility index (Phi) is 6.63. The number of hydrogen-bond acceptors (Lipinski definition) is 7. The van der Waals surface area contributed by atoms with Crippen LogP contribution in [-0.2, 0) is 13.1 Å². The van der Waals surface area contributed by atoms with Gasteiger partial charge in [-0.3, -0.25) is 4.79 Å². The zero-order chi connectivity index (χ0) is 24.9. The van der Waals surface area contributed by atoms with Crippen molar-refractivity contribution in [2.45, 2.75) is 13.1 Å². The number of benzene rings is 2. The molecule has 5 aromatic rings. The summed E-state index contributed by atoms with van der Waals surface area (Å²) in [5.74, 6) is 1.14. The average molecular weight is 500 g/mol. The molecule has 0 unspecified atom stereocenters. The largest absolute Gasteiger partial charge is 0.447 e. The Morgan fingerprint density at radius 3 is 2.67 bits per heavy atom. The summed E-state index contributed by atoms with van der Waals surface area (Å²) in [6.45, 7) is 0.554. The van der Waals surface area contributed by atoms with Gasteiger partial charge in [-0.25, -0.2) is 14.6 Å². The number of anilines is 2. The highest BCUT2D eigenvalue weighted by Gasteiger charge is 2.16. The van der Waals surface area contributed by atoms with E-state index >= 15 is 0 Å². The predicted molar refractivity (Wildman–Crippen MR) is 138 cm³/mol. The van der Waals surface area contributed by atoms with Crippen molar-refractivity contribution in [3.63, 3.8) is 0 Å². The molecule has 0 aliphatic heterocycles. The molecular formula is C26H22ClN7O2. The average Bonchev–Trinajstić information content (AvgIpc) is 3.58. The molecular weight excluding hydrogens is 478 g/mol. The summed E-state index contributed by atoms with van der Waals surface area (Å²) in [5, 5.41) is 11.3. The fourth-order valence-corrected chi connectivity index (χ4v) is 3.82. The first kappa shape index (κ1) is 23.1. The zero-order valence-electron chi connectivity index (χ0n) is 19.1.